The van der Waals surface area contributed by atoms with E-state index in [4.69, 9.17) is 14.7 Å². The highest BCUT2D eigenvalue weighted by Crippen LogP contribution is 2.62. The molecule has 12 rings (SSSR count). The van der Waals surface area contributed by atoms with E-state index in [0.29, 0.717) is 18.6 Å². The minimum absolute atomic E-state index is 0.107. The first-order valence-corrected chi connectivity index (χ1v) is 20.7. The third-order valence-electron chi connectivity index (χ3n) is 13.2. The Morgan fingerprint density at radius 3 is 1.40 bits per heavy atom. The Morgan fingerprint density at radius 2 is 0.850 bits per heavy atom. The summed E-state index contributed by atoms with van der Waals surface area (Å²) in [5.74, 6) is 0.244. The summed E-state index contributed by atoms with van der Waals surface area (Å²) in [6.07, 6.45) is 1.37. The number of ether oxygens (including phenoxy) is 1. The summed E-state index contributed by atoms with van der Waals surface area (Å²) in [5.41, 5.74) is 10.3. The van der Waals surface area contributed by atoms with Gasteiger partial charge in [0.2, 0.25) is 0 Å². The second kappa shape index (κ2) is 13.3. The number of aromatic nitrogens is 2. The standard InChI is InChI=1S/C56H38N2O2/c59-52(60-43-23-5-2-6-24-43)34-56(47-30-40-20-10-8-18-38(40)28-45(47)54-49(56)32-42-22-12-14-26-51(42)58-54)35-55(33-36-15-3-1-4-16-36)46-29-39-19-9-7-17-37(39)27-44(46)53-48(55)31-41-21-11-13-25-50(41)57-53/h1-32H,33-35H2. The molecule has 60 heavy (non-hydrogen) atoms. The number of fused-ring (bicyclic) bond motifs is 10. The van der Waals surface area contributed by atoms with Gasteiger partial charge in [-0.2, -0.15) is 0 Å². The van der Waals surface area contributed by atoms with Crippen molar-refractivity contribution in [2.45, 2.75) is 30.1 Å². The van der Waals surface area contributed by atoms with Gasteiger partial charge in [0, 0.05) is 32.7 Å². The average Bonchev–Trinajstić information content (AvgIpc) is 3.67. The number of hydrogen-bond acceptors (Lipinski definition) is 4. The van der Waals surface area contributed by atoms with Gasteiger partial charge in [-0.3, -0.25) is 4.79 Å². The maximum absolute atomic E-state index is 14.9. The van der Waals surface area contributed by atoms with Crippen LogP contribution in [0.1, 0.15) is 40.7 Å². The third kappa shape index (κ3) is 5.34. The average molecular weight is 771 g/mol. The summed E-state index contributed by atoms with van der Waals surface area (Å²) in [5, 5.41) is 6.74. The van der Waals surface area contributed by atoms with E-state index in [1.54, 1.807) is 0 Å². The van der Waals surface area contributed by atoms with E-state index < -0.39 is 10.8 Å². The van der Waals surface area contributed by atoms with Crippen molar-refractivity contribution >= 4 is 49.3 Å². The molecule has 2 aliphatic carbocycles. The van der Waals surface area contributed by atoms with E-state index in [-0.39, 0.29) is 12.4 Å². The first-order chi connectivity index (χ1) is 29.5. The van der Waals surface area contributed by atoms with Gasteiger partial charge in [-0.05, 0) is 123 Å². The van der Waals surface area contributed by atoms with Crippen molar-refractivity contribution in [1.29, 1.82) is 0 Å². The zero-order valence-corrected chi connectivity index (χ0v) is 32.8. The molecule has 0 aliphatic heterocycles. The van der Waals surface area contributed by atoms with Gasteiger partial charge in [-0.25, -0.2) is 9.97 Å². The van der Waals surface area contributed by atoms with Crippen molar-refractivity contribution in [2.75, 3.05) is 0 Å². The summed E-state index contributed by atoms with van der Waals surface area (Å²) in [6.45, 7) is 0. The maximum Gasteiger partial charge on any atom is 0.312 e. The lowest BCUT2D eigenvalue weighted by Gasteiger charge is -2.42. The van der Waals surface area contributed by atoms with Crippen molar-refractivity contribution in [3.63, 3.8) is 0 Å². The number of nitrogens with zero attached hydrogens (tertiary/aromatic N) is 2. The van der Waals surface area contributed by atoms with Gasteiger partial charge in [0.1, 0.15) is 5.75 Å². The van der Waals surface area contributed by atoms with Crippen LogP contribution in [0.15, 0.2) is 194 Å². The highest BCUT2D eigenvalue weighted by atomic mass is 16.5. The van der Waals surface area contributed by atoms with Gasteiger partial charge < -0.3 is 4.74 Å². The lowest BCUT2D eigenvalue weighted by atomic mass is 9.59. The van der Waals surface area contributed by atoms with Gasteiger partial charge in [0.25, 0.3) is 0 Å². The fraction of sp³-hybridized carbons (Fsp3) is 0.0893. The monoisotopic (exact) mass is 770 g/mol. The molecule has 0 radical (unpaired) electrons. The number of hydrogen-bond donors (Lipinski definition) is 0. The van der Waals surface area contributed by atoms with E-state index in [1.165, 1.54) is 27.5 Å². The SMILES string of the molecule is O=C(CC1(CC2(Cc3ccccc3)c3cc4ccccc4cc3-c3nc4ccccc4cc32)c2cc3ccccc3cc2-c2nc3ccccc3cc21)Oc1ccccc1. The molecule has 4 heteroatoms. The molecule has 0 N–H and O–H groups in total. The van der Waals surface area contributed by atoms with Crippen LogP contribution in [-0.4, -0.2) is 15.9 Å². The molecule has 8 aromatic carbocycles. The Balaban J connectivity index is 1.20. The minimum Gasteiger partial charge on any atom is -0.426 e. The molecule has 0 saturated heterocycles. The van der Waals surface area contributed by atoms with Crippen LogP contribution < -0.4 is 4.74 Å². The summed E-state index contributed by atoms with van der Waals surface area (Å²) >= 11 is 0. The molecular formula is C56H38N2O2. The fourth-order valence-corrected chi connectivity index (χ4v) is 10.6. The van der Waals surface area contributed by atoms with Gasteiger partial charge in [-0.15, -0.1) is 0 Å². The number of benzene rings is 8. The zero-order chi connectivity index (χ0) is 39.8. The Morgan fingerprint density at radius 1 is 0.433 bits per heavy atom. The largest absolute Gasteiger partial charge is 0.426 e. The highest BCUT2D eigenvalue weighted by molar-refractivity contribution is 5.98. The highest BCUT2D eigenvalue weighted by Gasteiger charge is 2.55. The quantitative estimate of drug-likeness (QED) is 0.120. The lowest BCUT2D eigenvalue weighted by Crippen LogP contribution is -2.41. The number of pyridine rings is 2. The number of carbonyl (C=O) groups is 1. The Labute approximate surface area is 347 Å². The molecule has 2 aromatic heterocycles. The first-order valence-electron chi connectivity index (χ1n) is 20.7. The van der Waals surface area contributed by atoms with E-state index in [2.05, 4.69) is 158 Å². The van der Waals surface area contributed by atoms with Crippen LogP contribution in [0.2, 0.25) is 0 Å². The van der Waals surface area contributed by atoms with Crippen LogP contribution in [0.3, 0.4) is 0 Å². The molecule has 0 bridgehead atoms. The number of rotatable bonds is 7. The predicted molar refractivity (Wildman–Crippen MR) is 242 cm³/mol. The molecule has 284 valence electrons. The third-order valence-corrected chi connectivity index (χ3v) is 13.2. The van der Waals surface area contributed by atoms with E-state index in [0.717, 1.165) is 66.2 Å². The lowest BCUT2D eigenvalue weighted by molar-refractivity contribution is -0.135. The predicted octanol–water partition coefficient (Wildman–Crippen LogP) is 13.0. The summed E-state index contributed by atoms with van der Waals surface area (Å²) < 4.78 is 6.30. The molecule has 2 unspecified atom stereocenters. The van der Waals surface area contributed by atoms with Crippen molar-refractivity contribution in [1.82, 2.24) is 9.97 Å². The van der Waals surface area contributed by atoms with E-state index in [9.17, 15) is 4.79 Å². The molecule has 2 heterocycles. The van der Waals surface area contributed by atoms with Crippen LogP contribution >= 0.6 is 0 Å². The molecular weight excluding hydrogens is 733 g/mol. The van der Waals surface area contributed by atoms with Gasteiger partial charge in [0.05, 0.1) is 28.8 Å². The number of esters is 1. The zero-order valence-electron chi connectivity index (χ0n) is 32.8. The molecule has 0 spiro atoms. The molecule has 0 fully saturated rings. The number of para-hydroxylation sites is 3. The fourth-order valence-electron chi connectivity index (χ4n) is 10.6. The van der Waals surface area contributed by atoms with Crippen LogP contribution in [0.25, 0.3) is 65.9 Å². The van der Waals surface area contributed by atoms with E-state index in [1.807, 2.05) is 36.4 Å². The smallest absolute Gasteiger partial charge is 0.312 e. The van der Waals surface area contributed by atoms with Crippen molar-refractivity contribution in [2.24, 2.45) is 0 Å². The molecule has 10 aromatic rings. The van der Waals surface area contributed by atoms with Crippen LogP contribution in [0.4, 0.5) is 0 Å². The van der Waals surface area contributed by atoms with Crippen molar-refractivity contribution in [3.05, 3.63) is 222 Å². The topological polar surface area (TPSA) is 52.1 Å². The summed E-state index contributed by atoms with van der Waals surface area (Å²) in [7, 11) is 0. The molecule has 2 aliphatic rings. The molecule has 0 saturated carbocycles. The van der Waals surface area contributed by atoms with Crippen LogP contribution in [-0.2, 0) is 22.0 Å². The maximum atomic E-state index is 14.9. The van der Waals surface area contributed by atoms with Crippen molar-refractivity contribution in [3.8, 4) is 28.3 Å². The summed E-state index contributed by atoms with van der Waals surface area (Å²) in [6, 6.07) is 68.3. The normalized spacial score (nSPS) is 17.4. The second-order valence-corrected chi connectivity index (χ2v) is 16.6. The Hall–Kier alpha value is -7.43. The Bertz CT molecular complexity index is 3190. The summed E-state index contributed by atoms with van der Waals surface area (Å²) in [4.78, 5) is 25.9. The molecule has 4 nitrogen and oxygen atoms in total. The molecule has 0 amide bonds. The van der Waals surface area contributed by atoms with Crippen LogP contribution in [0.5, 0.6) is 5.75 Å². The number of carbonyl (C=O) groups excluding carboxylic acids is 1. The Kier molecular flexibility index (Phi) is 7.67. The van der Waals surface area contributed by atoms with Crippen LogP contribution in [0, 0.1) is 0 Å². The van der Waals surface area contributed by atoms with E-state index >= 15 is 0 Å². The van der Waals surface area contributed by atoms with Gasteiger partial charge >= 0.3 is 5.97 Å². The second-order valence-electron chi connectivity index (χ2n) is 16.6. The first kappa shape index (κ1) is 34.6. The minimum atomic E-state index is -0.872. The molecule has 2 atom stereocenters. The van der Waals surface area contributed by atoms with Crippen molar-refractivity contribution < 1.29 is 9.53 Å². The van der Waals surface area contributed by atoms with Gasteiger partial charge in [0.15, 0.2) is 0 Å². The van der Waals surface area contributed by atoms with Gasteiger partial charge in [-0.1, -0.05) is 133 Å².